The average Bonchev–Trinajstić information content (AvgIpc) is 2.80. The lowest BCUT2D eigenvalue weighted by molar-refractivity contribution is 0.566. The van der Waals surface area contributed by atoms with Crippen molar-refractivity contribution >= 4 is 10.9 Å². The van der Waals surface area contributed by atoms with E-state index in [-0.39, 0.29) is 6.54 Å². The fourth-order valence-corrected chi connectivity index (χ4v) is 2.41. The number of nitrogens with one attached hydrogen (secondary N) is 1. The van der Waals surface area contributed by atoms with Gasteiger partial charge in [-0.05, 0) is 24.3 Å². The van der Waals surface area contributed by atoms with Crippen LogP contribution in [0, 0.1) is 11.6 Å². The molecule has 0 radical (unpaired) electrons. The first-order chi connectivity index (χ1) is 10.1. The maximum atomic E-state index is 13.5. The summed E-state index contributed by atoms with van der Waals surface area (Å²) in [5, 5.41) is 8.62. The van der Waals surface area contributed by atoms with Crippen LogP contribution in [0.3, 0.4) is 0 Å². The number of aryl methyl sites for hydroxylation is 1. The molecule has 0 aliphatic carbocycles. The number of halogens is 2. The van der Waals surface area contributed by atoms with Crippen LogP contribution >= 0.6 is 0 Å². The standard InChI is InChI=1S/C16H15F2N3/c1-21-16-5-3-2-4-13(16)15(20-21)10-19-9-11-8-12(17)6-7-14(11)18/h2-8,19H,9-10H2,1H3. The Morgan fingerprint density at radius 2 is 1.90 bits per heavy atom. The van der Waals surface area contributed by atoms with Crippen molar-refractivity contribution in [2.24, 2.45) is 7.05 Å². The van der Waals surface area contributed by atoms with Crippen molar-refractivity contribution in [3.63, 3.8) is 0 Å². The van der Waals surface area contributed by atoms with E-state index in [2.05, 4.69) is 10.4 Å². The van der Waals surface area contributed by atoms with Gasteiger partial charge in [0.25, 0.3) is 0 Å². The summed E-state index contributed by atoms with van der Waals surface area (Å²) in [6.45, 7) is 0.756. The van der Waals surface area contributed by atoms with Crippen molar-refractivity contribution < 1.29 is 8.78 Å². The minimum atomic E-state index is -0.434. The molecule has 0 aliphatic rings. The van der Waals surface area contributed by atoms with Gasteiger partial charge >= 0.3 is 0 Å². The molecule has 0 bridgehead atoms. The SMILES string of the molecule is Cn1nc(CNCc2cc(F)ccc2F)c2ccccc21. The summed E-state index contributed by atoms with van der Waals surface area (Å²) in [5.74, 6) is -0.841. The molecule has 5 heteroatoms. The van der Waals surface area contributed by atoms with Gasteiger partial charge in [0.2, 0.25) is 0 Å². The molecule has 1 aromatic heterocycles. The minimum Gasteiger partial charge on any atom is -0.307 e. The third-order valence-electron chi connectivity index (χ3n) is 3.45. The van der Waals surface area contributed by atoms with Crippen LogP contribution in [0.5, 0.6) is 0 Å². The average molecular weight is 287 g/mol. The first-order valence-electron chi connectivity index (χ1n) is 6.70. The van der Waals surface area contributed by atoms with Crippen LogP contribution in [0.25, 0.3) is 10.9 Å². The maximum absolute atomic E-state index is 13.5. The molecule has 0 amide bonds. The largest absolute Gasteiger partial charge is 0.307 e. The summed E-state index contributed by atoms with van der Waals surface area (Å²) in [4.78, 5) is 0. The number of aromatic nitrogens is 2. The Kier molecular flexibility index (Phi) is 3.66. The molecule has 0 saturated carbocycles. The first kappa shape index (κ1) is 13.7. The number of nitrogens with zero attached hydrogens (tertiary/aromatic N) is 2. The molecule has 0 spiro atoms. The second kappa shape index (κ2) is 5.61. The highest BCUT2D eigenvalue weighted by Crippen LogP contribution is 2.17. The van der Waals surface area contributed by atoms with Crippen LogP contribution in [0.1, 0.15) is 11.3 Å². The second-order valence-electron chi connectivity index (χ2n) is 4.93. The summed E-state index contributed by atoms with van der Waals surface area (Å²) in [6.07, 6.45) is 0. The molecule has 0 atom stereocenters. The Morgan fingerprint density at radius 1 is 1.10 bits per heavy atom. The van der Waals surface area contributed by atoms with Crippen molar-refractivity contribution in [2.45, 2.75) is 13.1 Å². The molecule has 3 nitrogen and oxygen atoms in total. The molecule has 0 fully saturated rings. The van der Waals surface area contributed by atoms with Gasteiger partial charge in [-0.15, -0.1) is 0 Å². The zero-order valence-electron chi connectivity index (χ0n) is 11.6. The van der Waals surface area contributed by atoms with Crippen molar-refractivity contribution in [2.75, 3.05) is 0 Å². The van der Waals surface area contributed by atoms with E-state index in [4.69, 9.17) is 0 Å². The van der Waals surface area contributed by atoms with Crippen LogP contribution < -0.4 is 5.32 Å². The van der Waals surface area contributed by atoms with Crippen molar-refractivity contribution in [3.8, 4) is 0 Å². The lowest BCUT2D eigenvalue weighted by Gasteiger charge is -2.05. The lowest BCUT2D eigenvalue weighted by atomic mass is 10.2. The molecule has 1 heterocycles. The van der Waals surface area contributed by atoms with Crippen molar-refractivity contribution in [1.82, 2.24) is 15.1 Å². The molecule has 0 saturated heterocycles. The van der Waals surface area contributed by atoms with E-state index in [1.54, 1.807) is 0 Å². The van der Waals surface area contributed by atoms with Crippen LogP contribution in [0.15, 0.2) is 42.5 Å². The molecular formula is C16H15F2N3. The van der Waals surface area contributed by atoms with Crippen LogP contribution in [0.4, 0.5) is 8.78 Å². The highest BCUT2D eigenvalue weighted by molar-refractivity contribution is 5.81. The van der Waals surface area contributed by atoms with Gasteiger partial charge in [-0.2, -0.15) is 5.10 Å². The van der Waals surface area contributed by atoms with E-state index in [1.165, 1.54) is 6.07 Å². The molecule has 1 N–H and O–H groups in total. The van der Waals surface area contributed by atoms with Crippen LogP contribution in [-0.2, 0) is 20.1 Å². The van der Waals surface area contributed by atoms with Crippen LogP contribution in [0.2, 0.25) is 0 Å². The van der Waals surface area contributed by atoms with Gasteiger partial charge in [0.1, 0.15) is 11.6 Å². The maximum Gasteiger partial charge on any atom is 0.127 e. The quantitative estimate of drug-likeness (QED) is 0.799. The topological polar surface area (TPSA) is 29.9 Å². The predicted molar refractivity (Wildman–Crippen MR) is 77.6 cm³/mol. The van der Waals surface area contributed by atoms with E-state index >= 15 is 0 Å². The third-order valence-corrected chi connectivity index (χ3v) is 3.45. The van der Waals surface area contributed by atoms with Crippen molar-refractivity contribution in [1.29, 1.82) is 0 Å². The fraction of sp³-hybridized carbons (Fsp3) is 0.188. The number of benzene rings is 2. The number of rotatable bonds is 4. The predicted octanol–water partition coefficient (Wildman–Crippen LogP) is 3.14. The summed E-state index contributed by atoms with van der Waals surface area (Å²) in [5.41, 5.74) is 2.26. The highest BCUT2D eigenvalue weighted by atomic mass is 19.1. The van der Waals surface area contributed by atoms with Gasteiger partial charge in [-0.3, -0.25) is 4.68 Å². The smallest absolute Gasteiger partial charge is 0.127 e. The Morgan fingerprint density at radius 3 is 2.76 bits per heavy atom. The van der Waals surface area contributed by atoms with Crippen LogP contribution in [-0.4, -0.2) is 9.78 Å². The molecule has 0 unspecified atom stereocenters. The van der Waals surface area contributed by atoms with E-state index in [9.17, 15) is 8.78 Å². The van der Waals surface area contributed by atoms with E-state index < -0.39 is 11.6 Å². The number of fused-ring (bicyclic) bond motifs is 1. The van der Waals surface area contributed by atoms with Gasteiger partial charge in [0.05, 0.1) is 11.2 Å². The first-order valence-corrected chi connectivity index (χ1v) is 6.70. The van der Waals surface area contributed by atoms with E-state index in [0.717, 1.165) is 28.7 Å². The highest BCUT2D eigenvalue weighted by Gasteiger charge is 2.08. The van der Waals surface area contributed by atoms with Gasteiger partial charge in [0.15, 0.2) is 0 Å². The van der Waals surface area contributed by atoms with Gasteiger partial charge in [0, 0.05) is 31.1 Å². The third kappa shape index (κ3) is 2.78. The van der Waals surface area contributed by atoms with Gasteiger partial charge < -0.3 is 5.32 Å². The van der Waals surface area contributed by atoms with Gasteiger partial charge in [-0.1, -0.05) is 18.2 Å². The number of hydrogen-bond acceptors (Lipinski definition) is 2. The molecule has 0 aliphatic heterocycles. The molecule has 3 aromatic rings. The fourth-order valence-electron chi connectivity index (χ4n) is 2.41. The van der Waals surface area contributed by atoms with E-state index in [0.29, 0.717) is 12.1 Å². The summed E-state index contributed by atoms with van der Waals surface area (Å²) in [6, 6.07) is 11.4. The van der Waals surface area contributed by atoms with Gasteiger partial charge in [-0.25, -0.2) is 8.78 Å². The molecule has 2 aromatic carbocycles. The normalized spacial score (nSPS) is 11.2. The number of hydrogen-bond donors (Lipinski definition) is 1. The Labute approximate surface area is 121 Å². The molecule has 21 heavy (non-hydrogen) atoms. The Balaban J connectivity index is 1.74. The van der Waals surface area contributed by atoms with Crippen molar-refractivity contribution in [3.05, 3.63) is 65.4 Å². The zero-order valence-corrected chi connectivity index (χ0v) is 11.6. The summed E-state index contributed by atoms with van der Waals surface area (Å²) in [7, 11) is 1.89. The second-order valence-corrected chi connectivity index (χ2v) is 4.93. The molecular weight excluding hydrogens is 272 g/mol. The Bertz CT molecular complexity index is 780. The monoisotopic (exact) mass is 287 g/mol. The summed E-state index contributed by atoms with van der Waals surface area (Å²) < 4.78 is 28.4. The lowest BCUT2D eigenvalue weighted by Crippen LogP contribution is -2.14. The van der Waals surface area contributed by atoms with E-state index in [1.807, 2.05) is 36.0 Å². The molecule has 108 valence electrons. The summed E-state index contributed by atoms with van der Waals surface area (Å²) >= 11 is 0. The number of para-hydroxylation sites is 1. The minimum absolute atomic E-state index is 0.258. The zero-order chi connectivity index (χ0) is 14.8. The molecule has 3 rings (SSSR count). The Hall–Kier alpha value is -2.27.